The van der Waals surface area contributed by atoms with Gasteiger partial charge < -0.3 is 15.4 Å². The summed E-state index contributed by atoms with van der Waals surface area (Å²) in [5.41, 5.74) is 6.72. The van der Waals surface area contributed by atoms with Gasteiger partial charge >= 0.3 is 0 Å². The predicted molar refractivity (Wildman–Crippen MR) is 69.5 cm³/mol. The van der Waals surface area contributed by atoms with Gasteiger partial charge in [0.15, 0.2) is 5.78 Å². The molecule has 0 heterocycles. The van der Waals surface area contributed by atoms with E-state index in [1.165, 1.54) is 6.92 Å². The fourth-order valence-corrected chi connectivity index (χ4v) is 1.50. The van der Waals surface area contributed by atoms with Gasteiger partial charge in [0.1, 0.15) is 5.75 Å². The standard InChI is InChI=1S/C13H20N2O2/c1-10(16)12-9-11(5-6-13(12)14)17-8-4-7-15(2)3/h5-6,9H,4,7-8,14H2,1-3H3. The van der Waals surface area contributed by atoms with Crippen LogP contribution in [0.3, 0.4) is 0 Å². The summed E-state index contributed by atoms with van der Waals surface area (Å²) in [7, 11) is 4.05. The number of anilines is 1. The van der Waals surface area contributed by atoms with Gasteiger partial charge in [0.2, 0.25) is 0 Å². The average Bonchev–Trinajstić information content (AvgIpc) is 2.25. The molecule has 2 N–H and O–H groups in total. The van der Waals surface area contributed by atoms with Gasteiger partial charge in [-0.1, -0.05) is 0 Å². The topological polar surface area (TPSA) is 55.6 Å². The molecule has 0 aliphatic rings. The molecule has 17 heavy (non-hydrogen) atoms. The van der Waals surface area contributed by atoms with E-state index >= 15 is 0 Å². The zero-order chi connectivity index (χ0) is 12.8. The molecule has 0 bridgehead atoms. The summed E-state index contributed by atoms with van der Waals surface area (Å²) in [5, 5.41) is 0. The Morgan fingerprint density at radius 3 is 2.71 bits per heavy atom. The molecular formula is C13H20N2O2. The van der Waals surface area contributed by atoms with Crippen LogP contribution in [0.2, 0.25) is 0 Å². The molecule has 1 aromatic carbocycles. The minimum Gasteiger partial charge on any atom is -0.494 e. The van der Waals surface area contributed by atoms with Crippen LogP contribution in [0, 0.1) is 0 Å². The molecule has 0 radical (unpaired) electrons. The van der Waals surface area contributed by atoms with E-state index in [1.54, 1.807) is 18.2 Å². The maximum Gasteiger partial charge on any atom is 0.162 e. The van der Waals surface area contributed by atoms with Gasteiger partial charge in [-0.05, 0) is 45.6 Å². The fourth-order valence-electron chi connectivity index (χ4n) is 1.50. The highest BCUT2D eigenvalue weighted by Crippen LogP contribution is 2.20. The number of benzene rings is 1. The Morgan fingerprint density at radius 1 is 1.41 bits per heavy atom. The molecule has 0 saturated heterocycles. The number of ether oxygens (including phenoxy) is 1. The Kier molecular flexibility index (Phi) is 4.97. The van der Waals surface area contributed by atoms with E-state index in [0.717, 1.165) is 13.0 Å². The molecule has 1 rings (SSSR count). The molecule has 4 heteroatoms. The molecule has 0 aliphatic heterocycles. The number of nitrogens with two attached hydrogens (primary N) is 1. The maximum absolute atomic E-state index is 11.3. The lowest BCUT2D eigenvalue weighted by atomic mass is 10.1. The quantitative estimate of drug-likeness (QED) is 0.465. The summed E-state index contributed by atoms with van der Waals surface area (Å²) in [6.45, 7) is 3.12. The second-order valence-corrected chi connectivity index (χ2v) is 4.31. The minimum atomic E-state index is -0.0405. The number of nitrogens with zero attached hydrogens (tertiary/aromatic N) is 1. The lowest BCUT2D eigenvalue weighted by Crippen LogP contribution is -2.15. The molecule has 0 aliphatic carbocycles. The van der Waals surface area contributed by atoms with Crippen molar-refractivity contribution in [2.45, 2.75) is 13.3 Å². The summed E-state index contributed by atoms with van der Waals surface area (Å²) in [4.78, 5) is 13.4. The number of hydrogen-bond donors (Lipinski definition) is 1. The Balaban J connectivity index is 2.54. The highest BCUT2D eigenvalue weighted by atomic mass is 16.5. The first-order valence-corrected chi connectivity index (χ1v) is 5.68. The predicted octanol–water partition coefficient (Wildman–Crippen LogP) is 1.80. The summed E-state index contributed by atoms with van der Waals surface area (Å²) in [5.74, 6) is 0.657. The normalized spacial score (nSPS) is 10.6. The van der Waals surface area contributed by atoms with Gasteiger partial charge in [0, 0.05) is 17.8 Å². The monoisotopic (exact) mass is 236 g/mol. The van der Waals surface area contributed by atoms with Crippen LogP contribution in [-0.2, 0) is 0 Å². The van der Waals surface area contributed by atoms with Gasteiger partial charge in [0.25, 0.3) is 0 Å². The summed E-state index contributed by atoms with van der Waals surface area (Å²) in [6, 6.07) is 5.20. The van der Waals surface area contributed by atoms with Gasteiger partial charge in [-0.15, -0.1) is 0 Å². The zero-order valence-corrected chi connectivity index (χ0v) is 10.7. The Hall–Kier alpha value is -1.55. The van der Waals surface area contributed by atoms with Crippen molar-refractivity contribution in [1.29, 1.82) is 0 Å². The maximum atomic E-state index is 11.3. The SMILES string of the molecule is CC(=O)c1cc(OCCCN(C)C)ccc1N. The smallest absolute Gasteiger partial charge is 0.162 e. The minimum absolute atomic E-state index is 0.0405. The van der Waals surface area contributed by atoms with E-state index in [0.29, 0.717) is 23.6 Å². The largest absolute Gasteiger partial charge is 0.494 e. The molecule has 0 aromatic heterocycles. The molecule has 0 unspecified atom stereocenters. The molecule has 0 spiro atoms. The number of nitrogen functional groups attached to an aromatic ring is 1. The third-order valence-corrected chi connectivity index (χ3v) is 2.42. The van der Waals surface area contributed by atoms with Crippen molar-refractivity contribution in [3.05, 3.63) is 23.8 Å². The molecule has 0 atom stereocenters. The Bertz CT molecular complexity index is 389. The third-order valence-electron chi connectivity index (χ3n) is 2.42. The first-order chi connectivity index (χ1) is 8.00. The first kappa shape index (κ1) is 13.5. The van der Waals surface area contributed by atoms with E-state index < -0.39 is 0 Å². The van der Waals surface area contributed by atoms with Crippen LogP contribution in [0.1, 0.15) is 23.7 Å². The van der Waals surface area contributed by atoms with Gasteiger partial charge in [-0.3, -0.25) is 4.79 Å². The van der Waals surface area contributed by atoms with Crippen LogP contribution >= 0.6 is 0 Å². The van der Waals surface area contributed by atoms with E-state index in [4.69, 9.17) is 10.5 Å². The summed E-state index contributed by atoms with van der Waals surface area (Å²) in [6.07, 6.45) is 0.951. The number of hydrogen-bond acceptors (Lipinski definition) is 4. The second-order valence-electron chi connectivity index (χ2n) is 4.31. The molecule has 94 valence electrons. The molecular weight excluding hydrogens is 216 g/mol. The Labute approximate surface area is 102 Å². The molecule has 4 nitrogen and oxygen atoms in total. The van der Waals surface area contributed by atoms with Crippen LogP contribution in [0.25, 0.3) is 0 Å². The fraction of sp³-hybridized carbons (Fsp3) is 0.462. The Morgan fingerprint density at radius 2 is 2.12 bits per heavy atom. The van der Waals surface area contributed by atoms with E-state index in [1.807, 2.05) is 14.1 Å². The average molecular weight is 236 g/mol. The molecule has 0 saturated carbocycles. The van der Waals surface area contributed by atoms with Crippen molar-refractivity contribution < 1.29 is 9.53 Å². The highest BCUT2D eigenvalue weighted by Gasteiger charge is 2.06. The van der Waals surface area contributed by atoms with Crippen LogP contribution in [0.15, 0.2) is 18.2 Å². The molecule has 0 amide bonds. The zero-order valence-electron chi connectivity index (χ0n) is 10.7. The summed E-state index contributed by atoms with van der Waals surface area (Å²) < 4.78 is 5.57. The second kappa shape index (κ2) is 6.25. The lowest BCUT2D eigenvalue weighted by Gasteiger charge is -2.11. The van der Waals surface area contributed by atoms with Crippen molar-refractivity contribution >= 4 is 11.5 Å². The number of Topliss-reactive ketones (excluding diaryl/α,β-unsaturated/α-hetero) is 1. The van der Waals surface area contributed by atoms with Gasteiger partial charge in [-0.2, -0.15) is 0 Å². The lowest BCUT2D eigenvalue weighted by molar-refractivity contribution is 0.101. The van der Waals surface area contributed by atoms with Gasteiger partial charge in [0.05, 0.1) is 6.61 Å². The molecule has 1 aromatic rings. The van der Waals surface area contributed by atoms with E-state index in [9.17, 15) is 4.79 Å². The van der Waals surface area contributed by atoms with Crippen molar-refractivity contribution in [2.75, 3.05) is 33.0 Å². The van der Waals surface area contributed by atoms with Gasteiger partial charge in [-0.25, -0.2) is 0 Å². The number of ketones is 1. The van der Waals surface area contributed by atoms with Crippen molar-refractivity contribution in [3.63, 3.8) is 0 Å². The third kappa shape index (κ3) is 4.44. The van der Waals surface area contributed by atoms with Crippen molar-refractivity contribution in [1.82, 2.24) is 4.90 Å². The van der Waals surface area contributed by atoms with Crippen molar-refractivity contribution in [3.8, 4) is 5.75 Å². The van der Waals surface area contributed by atoms with E-state index in [-0.39, 0.29) is 5.78 Å². The van der Waals surface area contributed by atoms with Crippen LogP contribution in [0.5, 0.6) is 5.75 Å². The summed E-state index contributed by atoms with van der Waals surface area (Å²) >= 11 is 0. The van der Waals surface area contributed by atoms with Crippen LogP contribution in [-0.4, -0.2) is 37.9 Å². The van der Waals surface area contributed by atoms with Crippen LogP contribution < -0.4 is 10.5 Å². The number of carbonyl (C=O) groups is 1. The highest BCUT2D eigenvalue weighted by molar-refractivity contribution is 5.99. The molecule has 0 fully saturated rings. The first-order valence-electron chi connectivity index (χ1n) is 5.68. The number of rotatable bonds is 6. The van der Waals surface area contributed by atoms with Crippen LogP contribution in [0.4, 0.5) is 5.69 Å². The van der Waals surface area contributed by atoms with Crippen molar-refractivity contribution in [2.24, 2.45) is 0 Å². The number of carbonyl (C=O) groups excluding carboxylic acids is 1. The van der Waals surface area contributed by atoms with E-state index in [2.05, 4.69) is 4.90 Å².